The van der Waals surface area contributed by atoms with Crippen LogP contribution in [0.25, 0.3) is 6.08 Å². The molecule has 2 aromatic rings. The van der Waals surface area contributed by atoms with E-state index in [4.69, 9.17) is 17.0 Å². The molecule has 0 radical (unpaired) electrons. The summed E-state index contributed by atoms with van der Waals surface area (Å²) in [5.74, 6) is -0.318. The fourth-order valence-corrected chi connectivity index (χ4v) is 3.65. The first-order chi connectivity index (χ1) is 13.9. The van der Waals surface area contributed by atoms with Crippen LogP contribution in [0.15, 0.2) is 69.6 Å². The zero-order chi connectivity index (χ0) is 21.0. The van der Waals surface area contributed by atoms with Gasteiger partial charge in [-0.25, -0.2) is 0 Å². The molecule has 1 heterocycles. The highest BCUT2D eigenvalue weighted by molar-refractivity contribution is 9.10. The van der Waals surface area contributed by atoms with Crippen molar-refractivity contribution in [3.05, 3.63) is 80.8 Å². The summed E-state index contributed by atoms with van der Waals surface area (Å²) in [6.07, 6.45) is 3.08. The summed E-state index contributed by atoms with van der Waals surface area (Å²) in [5, 5.41) is 2.60. The quantitative estimate of drug-likeness (QED) is 0.254. The smallest absolute Gasteiger partial charge is 0.265 e. The van der Waals surface area contributed by atoms with Crippen molar-refractivity contribution in [2.75, 3.05) is 6.54 Å². The lowest BCUT2D eigenvalue weighted by molar-refractivity contribution is -0.128. The van der Waals surface area contributed by atoms with E-state index in [0.29, 0.717) is 22.4 Å². The Balaban J connectivity index is 1.77. The first kappa shape index (κ1) is 21.4. The minimum Gasteiger partial charge on any atom is -0.488 e. The average molecular weight is 536 g/mol. The normalized spacial score (nSPS) is 15.4. The Morgan fingerprint density at radius 1 is 1.14 bits per heavy atom. The third-order valence-corrected chi connectivity index (χ3v) is 5.54. The van der Waals surface area contributed by atoms with Gasteiger partial charge in [0.1, 0.15) is 17.9 Å². The van der Waals surface area contributed by atoms with E-state index in [2.05, 4.69) is 43.8 Å². The molecule has 148 valence electrons. The number of nitrogens with one attached hydrogen (secondary N) is 1. The van der Waals surface area contributed by atoms with Crippen LogP contribution in [0.1, 0.15) is 11.1 Å². The number of hydrogen-bond donors (Lipinski definition) is 1. The maximum absolute atomic E-state index is 12.6. The lowest BCUT2D eigenvalue weighted by atomic mass is 10.1. The van der Waals surface area contributed by atoms with Gasteiger partial charge < -0.3 is 4.74 Å². The zero-order valence-electron chi connectivity index (χ0n) is 15.2. The Labute approximate surface area is 190 Å². The van der Waals surface area contributed by atoms with Gasteiger partial charge in [0.2, 0.25) is 0 Å². The molecule has 0 spiro atoms. The van der Waals surface area contributed by atoms with E-state index in [-0.39, 0.29) is 17.2 Å². The van der Waals surface area contributed by atoms with E-state index >= 15 is 0 Å². The van der Waals surface area contributed by atoms with Gasteiger partial charge in [0, 0.05) is 11.0 Å². The fraction of sp³-hybridized carbons (Fsp3) is 0.0952. The molecule has 5 nitrogen and oxygen atoms in total. The van der Waals surface area contributed by atoms with Crippen LogP contribution < -0.4 is 10.1 Å². The Morgan fingerprint density at radius 3 is 2.52 bits per heavy atom. The number of rotatable bonds is 6. The van der Waals surface area contributed by atoms with Crippen LogP contribution >= 0.6 is 44.1 Å². The predicted molar refractivity (Wildman–Crippen MR) is 123 cm³/mol. The van der Waals surface area contributed by atoms with Gasteiger partial charge in [-0.05, 0) is 69.6 Å². The van der Waals surface area contributed by atoms with Crippen molar-refractivity contribution in [2.24, 2.45) is 0 Å². The zero-order valence-corrected chi connectivity index (χ0v) is 19.1. The van der Waals surface area contributed by atoms with Crippen LogP contribution in [0.2, 0.25) is 0 Å². The lowest BCUT2D eigenvalue weighted by Gasteiger charge is -2.27. The number of amides is 2. The van der Waals surface area contributed by atoms with Gasteiger partial charge in [-0.3, -0.25) is 19.8 Å². The van der Waals surface area contributed by atoms with Crippen LogP contribution in [0.3, 0.4) is 0 Å². The van der Waals surface area contributed by atoms with Gasteiger partial charge in [-0.1, -0.05) is 40.2 Å². The van der Waals surface area contributed by atoms with E-state index < -0.39 is 11.8 Å². The molecule has 0 unspecified atom stereocenters. The average Bonchev–Trinajstić information content (AvgIpc) is 2.69. The molecule has 0 bridgehead atoms. The summed E-state index contributed by atoms with van der Waals surface area (Å²) in [4.78, 5) is 26.1. The molecule has 1 N–H and O–H groups in total. The third kappa shape index (κ3) is 5.20. The van der Waals surface area contributed by atoms with Crippen molar-refractivity contribution >= 4 is 67.1 Å². The van der Waals surface area contributed by atoms with Crippen LogP contribution in [0, 0.1) is 0 Å². The minimum atomic E-state index is -0.521. The number of carbonyl (C=O) groups is 2. The molecule has 3 rings (SSSR count). The molecule has 1 fully saturated rings. The molecule has 1 aliphatic rings. The monoisotopic (exact) mass is 534 g/mol. The molecule has 1 saturated heterocycles. The highest BCUT2D eigenvalue weighted by Crippen LogP contribution is 2.28. The molecular formula is C21H16Br2N2O3S. The van der Waals surface area contributed by atoms with Crippen LogP contribution in [0.4, 0.5) is 0 Å². The first-order valence-electron chi connectivity index (χ1n) is 8.55. The third-order valence-electron chi connectivity index (χ3n) is 4.07. The molecule has 0 aliphatic carbocycles. The summed E-state index contributed by atoms with van der Waals surface area (Å²) >= 11 is 11.9. The maximum Gasteiger partial charge on any atom is 0.265 e. The number of halogens is 2. The van der Waals surface area contributed by atoms with E-state index in [9.17, 15) is 9.59 Å². The predicted octanol–water partition coefficient (Wildman–Crippen LogP) is 4.60. The summed E-state index contributed by atoms with van der Waals surface area (Å²) in [5.41, 5.74) is 1.72. The second-order valence-electron chi connectivity index (χ2n) is 6.13. The highest BCUT2D eigenvalue weighted by Gasteiger charge is 2.32. The molecule has 0 atom stereocenters. The molecule has 0 saturated carbocycles. The number of carbonyl (C=O) groups excluding carboxylic acids is 2. The van der Waals surface area contributed by atoms with Crippen molar-refractivity contribution in [1.82, 2.24) is 10.2 Å². The number of thiocarbonyl (C=S) groups is 1. The fourth-order valence-electron chi connectivity index (χ4n) is 2.62. The summed E-state index contributed by atoms with van der Waals surface area (Å²) in [6.45, 7) is 4.25. The molecular weight excluding hydrogens is 520 g/mol. The van der Waals surface area contributed by atoms with E-state index in [0.717, 1.165) is 10.0 Å². The Morgan fingerprint density at radius 2 is 1.86 bits per heavy atom. The van der Waals surface area contributed by atoms with Crippen molar-refractivity contribution in [3.63, 3.8) is 0 Å². The van der Waals surface area contributed by atoms with Crippen molar-refractivity contribution < 1.29 is 14.3 Å². The topological polar surface area (TPSA) is 58.6 Å². The number of benzene rings is 2. The first-order valence-corrected chi connectivity index (χ1v) is 10.5. The van der Waals surface area contributed by atoms with E-state index in [1.807, 2.05) is 24.3 Å². The van der Waals surface area contributed by atoms with Crippen molar-refractivity contribution in [3.8, 4) is 5.75 Å². The van der Waals surface area contributed by atoms with Gasteiger partial charge in [-0.15, -0.1) is 6.58 Å². The minimum absolute atomic E-state index is 0.0101. The number of hydrogen-bond acceptors (Lipinski definition) is 4. The standard InChI is InChI=1S/C21H16Br2N2O3S/c1-2-9-25-20(27)16(19(26)24-21(25)29)10-14-5-8-18(17(23)11-14)28-12-13-3-6-15(22)7-4-13/h2-8,10-11H,1,9,12H2,(H,24,26,29)/b16-10+. The van der Waals surface area contributed by atoms with Gasteiger partial charge in [0.05, 0.1) is 4.47 Å². The SMILES string of the molecule is C=CCN1C(=O)/C(=C/c2ccc(OCc3ccc(Br)cc3)c(Br)c2)C(=O)NC1=S. The Hall–Kier alpha value is -2.29. The van der Waals surface area contributed by atoms with E-state index in [1.54, 1.807) is 24.3 Å². The van der Waals surface area contributed by atoms with Gasteiger partial charge in [0.25, 0.3) is 11.8 Å². The largest absolute Gasteiger partial charge is 0.488 e. The van der Waals surface area contributed by atoms with Crippen LogP contribution in [0.5, 0.6) is 5.75 Å². The summed E-state index contributed by atoms with van der Waals surface area (Å²) in [7, 11) is 0. The number of nitrogens with zero attached hydrogens (tertiary/aromatic N) is 1. The molecule has 2 amide bonds. The molecule has 8 heteroatoms. The Kier molecular flexibility index (Phi) is 7.00. The molecule has 0 aromatic heterocycles. The second-order valence-corrected chi connectivity index (χ2v) is 8.28. The van der Waals surface area contributed by atoms with Crippen molar-refractivity contribution in [2.45, 2.75) is 6.61 Å². The summed E-state index contributed by atoms with van der Waals surface area (Å²) in [6, 6.07) is 13.2. The maximum atomic E-state index is 12.6. The van der Waals surface area contributed by atoms with Gasteiger partial charge in [0.15, 0.2) is 5.11 Å². The Bertz CT molecular complexity index is 1020. The molecule has 2 aromatic carbocycles. The van der Waals surface area contributed by atoms with Gasteiger partial charge >= 0.3 is 0 Å². The summed E-state index contributed by atoms with van der Waals surface area (Å²) < 4.78 is 7.57. The van der Waals surface area contributed by atoms with Crippen LogP contribution in [-0.4, -0.2) is 28.4 Å². The second kappa shape index (κ2) is 9.47. The lowest BCUT2D eigenvalue weighted by Crippen LogP contribution is -2.53. The van der Waals surface area contributed by atoms with Gasteiger partial charge in [-0.2, -0.15) is 0 Å². The van der Waals surface area contributed by atoms with Crippen LogP contribution in [-0.2, 0) is 16.2 Å². The van der Waals surface area contributed by atoms with E-state index in [1.165, 1.54) is 11.0 Å². The number of ether oxygens (including phenoxy) is 1. The molecule has 29 heavy (non-hydrogen) atoms. The molecule has 1 aliphatic heterocycles. The van der Waals surface area contributed by atoms with Crippen molar-refractivity contribution in [1.29, 1.82) is 0 Å². The highest BCUT2D eigenvalue weighted by atomic mass is 79.9.